The van der Waals surface area contributed by atoms with Crippen LogP contribution in [-0.4, -0.2) is 11.8 Å². The van der Waals surface area contributed by atoms with E-state index in [4.69, 9.17) is 5.73 Å². The molecule has 1 atom stereocenters. The maximum absolute atomic E-state index is 13.3. The highest BCUT2D eigenvalue weighted by molar-refractivity contribution is 5.86. The van der Waals surface area contributed by atoms with Crippen molar-refractivity contribution in [3.63, 3.8) is 0 Å². The normalized spacial score (nSPS) is 13.5. The van der Waals surface area contributed by atoms with Gasteiger partial charge in [0.25, 0.3) is 0 Å². The molecule has 1 aromatic carbocycles. The van der Waals surface area contributed by atoms with E-state index in [1.54, 1.807) is 0 Å². The van der Waals surface area contributed by atoms with Crippen molar-refractivity contribution in [3.8, 4) is 0 Å². The van der Waals surface area contributed by atoms with E-state index in [1.165, 1.54) is 0 Å². The maximum atomic E-state index is 13.3. The third kappa shape index (κ3) is 3.60. The average Bonchev–Trinajstić information content (AvgIpc) is 2.21. The Bertz CT molecular complexity index is 424. The molecule has 0 saturated heterocycles. The van der Waals surface area contributed by atoms with Crippen molar-refractivity contribution in [1.82, 2.24) is 0 Å². The number of ketones is 1. The molecule has 0 bridgehead atoms. The first-order chi connectivity index (χ1) is 7.71. The minimum absolute atomic E-state index is 0.0506. The molecule has 0 heterocycles. The molecule has 1 unspecified atom stereocenters. The number of Topliss-reactive ketones (excluding diaryl/α,β-unsaturated/α-hetero) is 1. The smallest absolute Gasteiger partial charge is 0.154 e. The highest BCUT2D eigenvalue weighted by Crippen LogP contribution is 2.20. The Labute approximate surface area is 99.8 Å². The van der Waals surface area contributed by atoms with E-state index < -0.39 is 17.7 Å². The molecule has 1 aromatic rings. The van der Waals surface area contributed by atoms with Gasteiger partial charge in [-0.1, -0.05) is 20.8 Å². The van der Waals surface area contributed by atoms with Crippen LogP contribution < -0.4 is 5.73 Å². The topological polar surface area (TPSA) is 43.1 Å². The Kier molecular flexibility index (Phi) is 3.98. The van der Waals surface area contributed by atoms with Gasteiger partial charge in [0.1, 0.15) is 11.6 Å². The largest absolute Gasteiger partial charge is 0.321 e. The molecule has 0 aliphatic rings. The van der Waals surface area contributed by atoms with Crippen molar-refractivity contribution < 1.29 is 13.6 Å². The summed E-state index contributed by atoms with van der Waals surface area (Å²) in [5, 5.41) is 0. The number of hydrogen-bond donors (Lipinski definition) is 1. The van der Waals surface area contributed by atoms with Gasteiger partial charge in [-0.15, -0.1) is 0 Å². The molecule has 2 nitrogen and oxygen atoms in total. The highest BCUT2D eigenvalue weighted by atomic mass is 19.1. The van der Waals surface area contributed by atoms with Crippen molar-refractivity contribution in [2.45, 2.75) is 33.2 Å². The monoisotopic (exact) mass is 241 g/mol. The summed E-state index contributed by atoms with van der Waals surface area (Å²) in [4.78, 5) is 11.8. The first-order valence-corrected chi connectivity index (χ1v) is 5.44. The molecule has 4 heteroatoms. The first kappa shape index (κ1) is 13.8. The predicted octanol–water partition coefficient (Wildman–Crippen LogP) is 2.45. The Hall–Kier alpha value is -1.29. The van der Waals surface area contributed by atoms with Crippen molar-refractivity contribution >= 4 is 5.78 Å². The highest BCUT2D eigenvalue weighted by Gasteiger charge is 2.27. The van der Waals surface area contributed by atoms with Gasteiger partial charge in [0.05, 0.1) is 6.04 Å². The van der Waals surface area contributed by atoms with Crippen LogP contribution in [0.4, 0.5) is 8.78 Å². The van der Waals surface area contributed by atoms with Gasteiger partial charge in [0.15, 0.2) is 5.78 Å². The fourth-order valence-electron chi connectivity index (χ4n) is 1.46. The number of carbonyl (C=O) groups is 1. The average molecular weight is 241 g/mol. The molecule has 2 N–H and O–H groups in total. The molecule has 0 spiro atoms. The molecule has 0 saturated carbocycles. The standard InChI is InChI=1S/C13H17F2NO/c1-13(2,3)12(16)11(17)7-8-6-9(14)4-5-10(8)15/h4-6,12H,7,16H2,1-3H3. The van der Waals surface area contributed by atoms with Crippen LogP contribution >= 0.6 is 0 Å². The van der Waals surface area contributed by atoms with Gasteiger partial charge in [-0.3, -0.25) is 4.79 Å². The lowest BCUT2D eigenvalue weighted by Crippen LogP contribution is -2.43. The summed E-state index contributed by atoms with van der Waals surface area (Å²) in [6, 6.07) is 2.38. The molecule has 17 heavy (non-hydrogen) atoms. The summed E-state index contributed by atoms with van der Waals surface area (Å²) in [6.07, 6.45) is -0.179. The lowest BCUT2D eigenvalue weighted by molar-refractivity contribution is -0.121. The van der Waals surface area contributed by atoms with Gasteiger partial charge in [-0.2, -0.15) is 0 Å². The van der Waals surface area contributed by atoms with Crippen LogP contribution in [0.3, 0.4) is 0 Å². The molecule has 0 radical (unpaired) electrons. The molecular weight excluding hydrogens is 224 g/mol. The lowest BCUT2D eigenvalue weighted by atomic mass is 9.83. The summed E-state index contributed by atoms with van der Waals surface area (Å²) in [6.45, 7) is 5.49. The van der Waals surface area contributed by atoms with E-state index in [0.717, 1.165) is 18.2 Å². The van der Waals surface area contributed by atoms with Crippen LogP contribution in [0.25, 0.3) is 0 Å². The van der Waals surface area contributed by atoms with E-state index in [9.17, 15) is 13.6 Å². The third-order valence-corrected chi connectivity index (χ3v) is 2.65. The van der Waals surface area contributed by atoms with Crippen LogP contribution in [0.2, 0.25) is 0 Å². The molecular formula is C13H17F2NO. The van der Waals surface area contributed by atoms with Gasteiger partial charge < -0.3 is 5.73 Å². The Balaban J connectivity index is 2.85. The van der Waals surface area contributed by atoms with E-state index in [0.29, 0.717) is 0 Å². The summed E-state index contributed by atoms with van der Waals surface area (Å²) in [7, 11) is 0. The Morgan fingerprint density at radius 2 is 1.94 bits per heavy atom. The molecule has 0 fully saturated rings. The molecule has 94 valence electrons. The van der Waals surface area contributed by atoms with Crippen molar-refractivity contribution in [1.29, 1.82) is 0 Å². The van der Waals surface area contributed by atoms with E-state index >= 15 is 0 Å². The quantitative estimate of drug-likeness (QED) is 0.883. The molecule has 0 aliphatic heterocycles. The van der Waals surface area contributed by atoms with Gasteiger partial charge >= 0.3 is 0 Å². The fraction of sp³-hybridized carbons (Fsp3) is 0.462. The number of halogens is 2. The van der Waals surface area contributed by atoms with Gasteiger partial charge in [0, 0.05) is 6.42 Å². The van der Waals surface area contributed by atoms with Gasteiger partial charge in [-0.25, -0.2) is 8.78 Å². The van der Waals surface area contributed by atoms with E-state index in [1.807, 2.05) is 20.8 Å². The predicted molar refractivity (Wildman–Crippen MR) is 62.5 cm³/mol. The van der Waals surface area contributed by atoms with Crippen molar-refractivity contribution in [3.05, 3.63) is 35.4 Å². The van der Waals surface area contributed by atoms with E-state index in [-0.39, 0.29) is 23.2 Å². The number of rotatable bonds is 3. The summed E-state index contributed by atoms with van der Waals surface area (Å²) in [5.41, 5.74) is 5.43. The van der Waals surface area contributed by atoms with E-state index in [2.05, 4.69) is 0 Å². The second-order valence-electron chi connectivity index (χ2n) is 5.22. The second-order valence-corrected chi connectivity index (χ2v) is 5.22. The van der Waals surface area contributed by atoms with Crippen LogP contribution in [0, 0.1) is 17.0 Å². The molecule has 1 rings (SSSR count). The Morgan fingerprint density at radius 1 is 1.35 bits per heavy atom. The third-order valence-electron chi connectivity index (χ3n) is 2.65. The zero-order valence-corrected chi connectivity index (χ0v) is 10.3. The number of nitrogens with two attached hydrogens (primary N) is 1. The summed E-state index contributed by atoms with van der Waals surface area (Å²) < 4.78 is 26.3. The second kappa shape index (κ2) is 4.92. The minimum atomic E-state index is -0.690. The fourth-order valence-corrected chi connectivity index (χ4v) is 1.46. The summed E-state index contributed by atoms with van der Waals surface area (Å²) in [5.74, 6) is -1.43. The lowest BCUT2D eigenvalue weighted by Gasteiger charge is -2.25. The van der Waals surface area contributed by atoms with Gasteiger partial charge in [-0.05, 0) is 29.2 Å². The minimum Gasteiger partial charge on any atom is -0.321 e. The van der Waals surface area contributed by atoms with Crippen LogP contribution in [0.15, 0.2) is 18.2 Å². The SMILES string of the molecule is CC(C)(C)C(N)C(=O)Cc1cc(F)ccc1F. The maximum Gasteiger partial charge on any atom is 0.154 e. The number of hydrogen-bond acceptors (Lipinski definition) is 2. The van der Waals surface area contributed by atoms with Gasteiger partial charge in [0.2, 0.25) is 0 Å². The van der Waals surface area contributed by atoms with Crippen LogP contribution in [-0.2, 0) is 11.2 Å². The van der Waals surface area contributed by atoms with Crippen LogP contribution in [0.5, 0.6) is 0 Å². The number of carbonyl (C=O) groups excluding carboxylic acids is 1. The van der Waals surface area contributed by atoms with Crippen LogP contribution in [0.1, 0.15) is 26.3 Å². The zero-order valence-electron chi connectivity index (χ0n) is 10.3. The Morgan fingerprint density at radius 3 is 2.47 bits per heavy atom. The molecule has 0 aromatic heterocycles. The van der Waals surface area contributed by atoms with Crippen molar-refractivity contribution in [2.75, 3.05) is 0 Å². The van der Waals surface area contributed by atoms with Crippen molar-refractivity contribution in [2.24, 2.45) is 11.1 Å². The number of benzene rings is 1. The molecule has 0 amide bonds. The first-order valence-electron chi connectivity index (χ1n) is 5.44. The zero-order chi connectivity index (χ0) is 13.2. The summed E-state index contributed by atoms with van der Waals surface area (Å²) >= 11 is 0. The molecule has 0 aliphatic carbocycles.